The Hall–Kier alpha value is -1.28. The maximum Gasteiger partial charge on any atom is 0.343 e. The minimum absolute atomic E-state index is 0.0919. The maximum absolute atomic E-state index is 11.7. The number of carbonyl (C=O) groups excluding carboxylic acids is 2. The Morgan fingerprint density at radius 3 is 1.45 bits per heavy atom. The fraction of sp³-hybridized carbons (Fsp3) is 0.333. The van der Waals surface area contributed by atoms with Crippen molar-refractivity contribution in [1.29, 1.82) is 0 Å². The Morgan fingerprint density at radius 1 is 0.900 bits per heavy atom. The van der Waals surface area contributed by atoms with Crippen molar-refractivity contribution in [3.05, 3.63) is 20.1 Å². The second-order valence-electron chi connectivity index (χ2n) is 3.52. The Balaban J connectivity index is 3.49. The third-order valence-electron chi connectivity index (χ3n) is 2.29. The third-order valence-corrected chi connectivity index (χ3v) is 4.41. The van der Waals surface area contributed by atoms with E-state index in [4.69, 9.17) is 9.47 Å². The van der Waals surface area contributed by atoms with E-state index in [0.717, 1.165) is 0 Å². The molecule has 0 aromatic heterocycles. The molecule has 0 aliphatic rings. The first-order valence-electron chi connectivity index (χ1n) is 5.63. The molecule has 1 aromatic carbocycles. The van der Waals surface area contributed by atoms with Crippen LogP contribution in [0.25, 0.3) is 0 Å². The molecular weight excluding hydrogens is 400 g/mol. The molecule has 1 rings (SSSR count). The Labute approximate surface area is 131 Å². The van der Waals surface area contributed by atoms with Gasteiger partial charge in [-0.05, 0) is 45.7 Å². The molecule has 0 aliphatic carbocycles. The second-order valence-corrected chi connectivity index (χ2v) is 5.10. The molecule has 0 amide bonds. The maximum atomic E-state index is 11.7. The molecule has 0 saturated heterocycles. The first kappa shape index (κ1) is 16.8. The number of rotatable bonds is 4. The molecule has 0 aliphatic heterocycles. The quantitative estimate of drug-likeness (QED) is 0.584. The van der Waals surface area contributed by atoms with Crippen molar-refractivity contribution in [1.82, 2.24) is 0 Å². The van der Waals surface area contributed by atoms with Gasteiger partial charge in [0.25, 0.3) is 0 Å². The van der Waals surface area contributed by atoms with Gasteiger partial charge in [0.05, 0.1) is 22.2 Å². The number of halogens is 2. The van der Waals surface area contributed by atoms with E-state index in [-0.39, 0.29) is 33.3 Å². The molecule has 0 fully saturated rings. The highest BCUT2D eigenvalue weighted by atomic mass is 79.9. The molecule has 6 nitrogen and oxygen atoms in total. The zero-order valence-corrected chi connectivity index (χ0v) is 13.9. The summed E-state index contributed by atoms with van der Waals surface area (Å²) in [6, 6.07) is 0. The standard InChI is InChI=1S/C12H12Br2O6/c1-3-19-11(17)5-7(13)8(14)6(10(16)9(5)15)12(18)20-4-2/h15-16H,3-4H2,1-2H3. The predicted octanol–water partition coefficient (Wildman–Crippen LogP) is 2.98. The number of ether oxygens (including phenoxy) is 2. The van der Waals surface area contributed by atoms with Crippen LogP contribution < -0.4 is 0 Å². The van der Waals surface area contributed by atoms with E-state index >= 15 is 0 Å². The molecule has 0 unspecified atom stereocenters. The van der Waals surface area contributed by atoms with Crippen molar-refractivity contribution >= 4 is 43.8 Å². The lowest BCUT2D eigenvalue weighted by molar-refractivity contribution is 0.0502. The summed E-state index contributed by atoms with van der Waals surface area (Å²) in [6.45, 7) is 3.40. The van der Waals surface area contributed by atoms with Crippen LogP contribution in [0.4, 0.5) is 0 Å². The predicted molar refractivity (Wildman–Crippen MR) is 77.1 cm³/mol. The van der Waals surface area contributed by atoms with Gasteiger partial charge in [-0.2, -0.15) is 0 Å². The van der Waals surface area contributed by atoms with Gasteiger partial charge in [-0.1, -0.05) is 0 Å². The molecule has 0 radical (unpaired) electrons. The molecule has 8 heteroatoms. The van der Waals surface area contributed by atoms with Crippen molar-refractivity contribution in [2.45, 2.75) is 13.8 Å². The molecule has 0 saturated carbocycles. The lowest BCUT2D eigenvalue weighted by Gasteiger charge is -2.14. The highest BCUT2D eigenvalue weighted by molar-refractivity contribution is 9.13. The van der Waals surface area contributed by atoms with E-state index in [9.17, 15) is 19.8 Å². The van der Waals surface area contributed by atoms with Crippen LogP contribution in [0.15, 0.2) is 8.95 Å². The van der Waals surface area contributed by atoms with Crippen LogP contribution in [0.5, 0.6) is 11.5 Å². The number of esters is 2. The number of aromatic hydroxyl groups is 2. The average Bonchev–Trinajstić information content (AvgIpc) is 2.37. The Morgan fingerprint density at radius 2 is 1.20 bits per heavy atom. The first-order chi connectivity index (χ1) is 9.36. The minimum Gasteiger partial charge on any atom is -0.504 e. The summed E-state index contributed by atoms with van der Waals surface area (Å²) < 4.78 is 9.72. The van der Waals surface area contributed by atoms with Crippen LogP contribution in [0.1, 0.15) is 34.6 Å². The summed E-state index contributed by atoms with van der Waals surface area (Å²) in [5, 5.41) is 19.8. The Kier molecular flexibility index (Phi) is 5.82. The van der Waals surface area contributed by atoms with Gasteiger partial charge in [0.1, 0.15) is 11.1 Å². The van der Waals surface area contributed by atoms with Crippen LogP contribution in [-0.4, -0.2) is 35.4 Å². The van der Waals surface area contributed by atoms with Crippen LogP contribution in [0.2, 0.25) is 0 Å². The molecule has 0 bridgehead atoms. The highest BCUT2D eigenvalue weighted by Crippen LogP contribution is 2.44. The van der Waals surface area contributed by atoms with E-state index in [2.05, 4.69) is 31.9 Å². The van der Waals surface area contributed by atoms with E-state index in [1.807, 2.05) is 0 Å². The molecule has 0 heterocycles. The van der Waals surface area contributed by atoms with Gasteiger partial charge in [-0.15, -0.1) is 0 Å². The molecule has 2 N–H and O–H groups in total. The summed E-state index contributed by atoms with van der Waals surface area (Å²) in [4.78, 5) is 23.5. The zero-order valence-electron chi connectivity index (χ0n) is 10.7. The molecule has 110 valence electrons. The second kappa shape index (κ2) is 6.94. The third kappa shape index (κ3) is 3.06. The molecule has 0 atom stereocenters. The number of phenolic OH excluding ortho intramolecular Hbond substituents is 2. The van der Waals surface area contributed by atoms with Crippen LogP contribution >= 0.6 is 31.9 Å². The lowest BCUT2D eigenvalue weighted by atomic mass is 10.1. The fourth-order valence-electron chi connectivity index (χ4n) is 1.44. The summed E-state index contributed by atoms with van der Waals surface area (Å²) >= 11 is 6.16. The zero-order chi connectivity index (χ0) is 15.4. The van der Waals surface area contributed by atoms with Gasteiger partial charge in [0.15, 0.2) is 11.5 Å². The van der Waals surface area contributed by atoms with Gasteiger partial charge in [-0.3, -0.25) is 0 Å². The molecular formula is C12H12Br2O6. The van der Waals surface area contributed by atoms with Gasteiger partial charge < -0.3 is 19.7 Å². The minimum atomic E-state index is -0.830. The summed E-state index contributed by atoms with van der Waals surface area (Å²) in [5.41, 5.74) is -0.548. The van der Waals surface area contributed by atoms with Gasteiger partial charge in [0.2, 0.25) is 0 Å². The number of carbonyl (C=O) groups is 2. The van der Waals surface area contributed by atoms with Crippen LogP contribution in [0.3, 0.4) is 0 Å². The number of phenols is 2. The van der Waals surface area contributed by atoms with E-state index in [1.165, 1.54) is 0 Å². The van der Waals surface area contributed by atoms with Crippen molar-refractivity contribution in [2.24, 2.45) is 0 Å². The highest BCUT2D eigenvalue weighted by Gasteiger charge is 2.30. The average molecular weight is 412 g/mol. The summed E-state index contributed by atoms with van der Waals surface area (Å²) in [5.74, 6) is -3.16. The van der Waals surface area contributed by atoms with Crippen molar-refractivity contribution in [3.63, 3.8) is 0 Å². The van der Waals surface area contributed by atoms with E-state index in [1.54, 1.807) is 13.8 Å². The van der Waals surface area contributed by atoms with Gasteiger partial charge >= 0.3 is 11.9 Å². The van der Waals surface area contributed by atoms with Gasteiger partial charge in [0, 0.05) is 0 Å². The van der Waals surface area contributed by atoms with Crippen LogP contribution in [0, 0.1) is 0 Å². The molecule has 20 heavy (non-hydrogen) atoms. The number of hydrogen-bond acceptors (Lipinski definition) is 6. The van der Waals surface area contributed by atoms with E-state index < -0.39 is 23.4 Å². The fourth-order valence-corrected chi connectivity index (χ4v) is 2.54. The van der Waals surface area contributed by atoms with Crippen molar-refractivity contribution in [3.8, 4) is 11.5 Å². The first-order valence-corrected chi connectivity index (χ1v) is 7.22. The summed E-state index contributed by atoms with van der Waals surface area (Å²) in [6.07, 6.45) is 0. The monoisotopic (exact) mass is 410 g/mol. The smallest absolute Gasteiger partial charge is 0.343 e. The number of benzene rings is 1. The number of hydrogen-bond donors (Lipinski definition) is 2. The molecule has 0 spiro atoms. The topological polar surface area (TPSA) is 93.1 Å². The van der Waals surface area contributed by atoms with Gasteiger partial charge in [-0.25, -0.2) is 9.59 Å². The summed E-state index contributed by atoms with van der Waals surface area (Å²) in [7, 11) is 0. The SMILES string of the molecule is CCOC(=O)c1c(O)c(O)c(C(=O)OCC)c(Br)c1Br. The van der Waals surface area contributed by atoms with Crippen molar-refractivity contribution in [2.75, 3.05) is 13.2 Å². The Bertz CT molecular complexity index is 477. The molecule has 1 aromatic rings. The van der Waals surface area contributed by atoms with E-state index in [0.29, 0.717) is 0 Å². The van der Waals surface area contributed by atoms with Crippen molar-refractivity contribution < 1.29 is 29.3 Å². The normalized spacial score (nSPS) is 10.2. The van der Waals surface area contributed by atoms with Crippen LogP contribution in [-0.2, 0) is 9.47 Å². The lowest BCUT2D eigenvalue weighted by Crippen LogP contribution is -2.11. The largest absolute Gasteiger partial charge is 0.504 e.